The minimum atomic E-state index is -0.375. The van der Waals surface area contributed by atoms with Crippen LogP contribution in [0.2, 0.25) is 0 Å². The number of carbonyl (C=O) groups is 2. The van der Waals surface area contributed by atoms with Crippen molar-refractivity contribution in [3.05, 3.63) is 45.9 Å². The minimum absolute atomic E-state index is 0. The molecule has 0 unspecified atom stereocenters. The van der Waals surface area contributed by atoms with Crippen molar-refractivity contribution in [2.45, 2.75) is 13.8 Å². The summed E-state index contributed by atoms with van der Waals surface area (Å²) in [6, 6.07) is 0. The lowest BCUT2D eigenvalue weighted by molar-refractivity contribution is -0.510. The normalized spacial score (nSPS) is 10.9. The van der Waals surface area contributed by atoms with Crippen LogP contribution < -0.4 is 56.8 Å². The molecule has 0 radical (unpaired) electrons. The van der Waals surface area contributed by atoms with Crippen LogP contribution in [0.25, 0.3) is 9.92 Å². The Morgan fingerprint density at radius 1 is 0.722 bits per heavy atom. The molecule has 198 valence electrons. The van der Waals surface area contributed by atoms with Crippen LogP contribution in [0.15, 0.2) is 23.2 Å². The standard InChI is InChI=1S/C22H28N4O6S2.2HI/c1-15-17(25-5-13-33-21(25)23(15)3)19(27)31-11-9-29-7-8-30-10-12-32-20(28)18-16(2)24(4)22-26(18)6-14-34-22;;/h5-6,13-14H,7-12H2,1-4H3;2*1H/q+2;;/p-2. The average Bonchev–Trinajstić information content (AvgIpc) is 3.57. The Hall–Kier alpha value is -1.34. The maximum absolute atomic E-state index is 12.5. The van der Waals surface area contributed by atoms with Gasteiger partial charge >= 0.3 is 21.9 Å². The summed E-state index contributed by atoms with van der Waals surface area (Å²) < 4.78 is 29.2. The van der Waals surface area contributed by atoms with Gasteiger partial charge in [-0.3, -0.25) is 0 Å². The topological polar surface area (TPSA) is 89.1 Å². The third-order valence-electron chi connectivity index (χ3n) is 5.61. The summed E-state index contributed by atoms with van der Waals surface area (Å²) >= 11 is 3.12. The van der Waals surface area contributed by atoms with Gasteiger partial charge in [0.15, 0.2) is 11.4 Å². The summed E-state index contributed by atoms with van der Waals surface area (Å²) in [4.78, 5) is 26.9. The number of nitrogens with zero attached hydrogens (tertiary/aromatic N) is 4. The summed E-state index contributed by atoms with van der Waals surface area (Å²) in [5.41, 5.74) is 2.76. The van der Waals surface area contributed by atoms with E-state index in [-0.39, 0.29) is 86.3 Å². The molecular weight excluding hydrogens is 734 g/mol. The van der Waals surface area contributed by atoms with E-state index in [9.17, 15) is 9.59 Å². The number of imidazole rings is 2. The zero-order valence-electron chi connectivity index (χ0n) is 20.4. The Labute approximate surface area is 250 Å². The molecule has 4 rings (SSSR count). The van der Waals surface area contributed by atoms with Gasteiger partial charge in [-0.05, 0) is 0 Å². The molecule has 0 aromatic carbocycles. The molecule has 14 heteroatoms. The summed E-state index contributed by atoms with van der Waals surface area (Å²) in [6.45, 7) is 5.34. The number of halogens is 2. The van der Waals surface area contributed by atoms with E-state index in [4.69, 9.17) is 18.9 Å². The summed E-state index contributed by atoms with van der Waals surface area (Å²) in [7, 11) is 3.85. The van der Waals surface area contributed by atoms with Gasteiger partial charge in [-0.25, -0.2) is 18.7 Å². The molecule has 0 amide bonds. The van der Waals surface area contributed by atoms with Gasteiger partial charge in [-0.1, -0.05) is 22.7 Å². The number of aromatic nitrogens is 4. The van der Waals surface area contributed by atoms with Crippen LogP contribution >= 0.6 is 22.7 Å². The number of fused-ring (bicyclic) bond motifs is 2. The van der Waals surface area contributed by atoms with E-state index >= 15 is 0 Å². The molecule has 0 saturated heterocycles. The Morgan fingerprint density at radius 3 is 1.47 bits per heavy atom. The molecule has 0 aliphatic carbocycles. The summed E-state index contributed by atoms with van der Waals surface area (Å²) in [5, 5.41) is 3.86. The van der Waals surface area contributed by atoms with Gasteiger partial charge in [0.2, 0.25) is 0 Å². The Balaban J connectivity index is 0.00000228. The second-order valence-electron chi connectivity index (χ2n) is 7.59. The van der Waals surface area contributed by atoms with Gasteiger partial charge in [-0.2, -0.15) is 8.80 Å². The Kier molecular flexibility index (Phi) is 12.0. The molecular formula is C22H28I2N4O6S2. The maximum atomic E-state index is 12.5. The van der Waals surface area contributed by atoms with E-state index in [0.717, 1.165) is 21.3 Å². The van der Waals surface area contributed by atoms with Crippen molar-refractivity contribution in [1.29, 1.82) is 0 Å². The van der Waals surface area contributed by atoms with Crippen LogP contribution in [0, 0.1) is 13.8 Å². The summed E-state index contributed by atoms with van der Waals surface area (Å²) in [5.74, 6) is -0.751. The maximum Gasteiger partial charge on any atom is 0.383 e. The van der Waals surface area contributed by atoms with Gasteiger partial charge in [0.1, 0.15) is 25.6 Å². The van der Waals surface area contributed by atoms with Crippen molar-refractivity contribution in [1.82, 2.24) is 9.13 Å². The lowest BCUT2D eigenvalue weighted by Crippen LogP contribution is -3.00. The number of carbonyl (C=O) groups excluding carboxylic acids is 2. The zero-order valence-corrected chi connectivity index (χ0v) is 26.3. The van der Waals surface area contributed by atoms with E-state index in [2.05, 4.69) is 0 Å². The highest BCUT2D eigenvalue weighted by Crippen LogP contribution is 2.15. The monoisotopic (exact) mass is 762 g/mol. The molecule has 36 heavy (non-hydrogen) atoms. The lowest BCUT2D eigenvalue weighted by Gasteiger charge is -2.07. The van der Waals surface area contributed by atoms with Crippen LogP contribution in [0.4, 0.5) is 0 Å². The van der Waals surface area contributed by atoms with Crippen molar-refractivity contribution >= 4 is 44.5 Å². The van der Waals surface area contributed by atoms with Gasteiger partial charge in [0.05, 0.1) is 40.5 Å². The SMILES string of the molecule is Cc1c(C(=O)OCCOCCOCCOC(=O)c2c(C)n(C)c3scc[n+]23)[n+]2ccsc2n1C.[I-].[I-]. The Bertz CT molecular complexity index is 1230. The molecule has 0 fully saturated rings. The predicted octanol–water partition coefficient (Wildman–Crippen LogP) is -4.36. The molecule has 10 nitrogen and oxygen atoms in total. The van der Waals surface area contributed by atoms with Crippen LogP contribution in [0.3, 0.4) is 0 Å². The van der Waals surface area contributed by atoms with E-state index in [1.807, 2.05) is 69.0 Å². The van der Waals surface area contributed by atoms with E-state index in [1.165, 1.54) is 0 Å². The van der Waals surface area contributed by atoms with Gasteiger partial charge in [0, 0.05) is 24.6 Å². The third-order valence-corrected chi connectivity index (χ3v) is 7.48. The second-order valence-corrected chi connectivity index (χ2v) is 9.34. The number of hydrogen-bond acceptors (Lipinski definition) is 8. The molecule has 0 aliphatic rings. The van der Waals surface area contributed by atoms with Crippen molar-refractivity contribution in [3.63, 3.8) is 0 Å². The quantitative estimate of drug-likeness (QED) is 0.0666. The van der Waals surface area contributed by atoms with Gasteiger partial charge in [-0.15, -0.1) is 0 Å². The molecule has 0 atom stereocenters. The number of aryl methyl sites for hydroxylation is 2. The largest absolute Gasteiger partial charge is 1.00 e. The van der Waals surface area contributed by atoms with E-state index in [0.29, 0.717) is 24.6 Å². The second kappa shape index (κ2) is 14.0. The summed E-state index contributed by atoms with van der Waals surface area (Å²) in [6.07, 6.45) is 3.72. The van der Waals surface area contributed by atoms with Crippen LogP contribution in [0.1, 0.15) is 32.4 Å². The van der Waals surface area contributed by atoms with Crippen LogP contribution in [-0.2, 0) is 33.0 Å². The first-order valence-corrected chi connectivity index (χ1v) is 12.6. The zero-order chi connectivity index (χ0) is 24.2. The molecule has 4 aromatic heterocycles. The van der Waals surface area contributed by atoms with Crippen molar-refractivity contribution in [2.75, 3.05) is 39.6 Å². The van der Waals surface area contributed by atoms with Crippen molar-refractivity contribution in [3.8, 4) is 0 Å². The molecule has 0 aliphatic heterocycles. The van der Waals surface area contributed by atoms with Crippen molar-refractivity contribution in [2.24, 2.45) is 14.1 Å². The first-order valence-electron chi connectivity index (χ1n) is 10.8. The highest BCUT2D eigenvalue weighted by Gasteiger charge is 2.29. The highest BCUT2D eigenvalue weighted by molar-refractivity contribution is 7.14. The minimum Gasteiger partial charge on any atom is -1.00 e. The Morgan fingerprint density at radius 2 is 1.08 bits per heavy atom. The van der Waals surface area contributed by atoms with Crippen LogP contribution in [0.5, 0.6) is 0 Å². The fraction of sp³-hybridized carbons (Fsp3) is 0.455. The predicted molar refractivity (Wildman–Crippen MR) is 125 cm³/mol. The third kappa shape index (κ3) is 6.38. The number of thiazole rings is 2. The first-order chi connectivity index (χ1) is 16.4. The average molecular weight is 762 g/mol. The fourth-order valence-corrected chi connectivity index (χ4v) is 5.39. The van der Waals surface area contributed by atoms with Crippen molar-refractivity contribution < 1.29 is 85.3 Å². The number of rotatable bonds is 11. The number of hydrogen-bond donors (Lipinski definition) is 0. The molecule has 0 N–H and O–H groups in total. The smallest absolute Gasteiger partial charge is 0.383 e. The molecule has 0 bridgehead atoms. The van der Waals surface area contributed by atoms with Crippen LogP contribution in [-0.4, -0.2) is 60.7 Å². The molecule has 0 spiro atoms. The molecule has 0 saturated carbocycles. The number of esters is 2. The molecule has 4 heterocycles. The molecule has 4 aromatic rings. The van der Waals surface area contributed by atoms with E-state index in [1.54, 1.807) is 22.7 Å². The van der Waals surface area contributed by atoms with Gasteiger partial charge in [0.25, 0.3) is 11.4 Å². The number of ether oxygens (including phenoxy) is 4. The lowest BCUT2D eigenvalue weighted by atomic mass is 10.3. The first kappa shape index (κ1) is 30.9. The fourth-order valence-electron chi connectivity index (χ4n) is 3.66. The van der Waals surface area contributed by atoms with Gasteiger partial charge < -0.3 is 66.9 Å². The highest BCUT2D eigenvalue weighted by atomic mass is 127. The van der Waals surface area contributed by atoms with E-state index < -0.39 is 0 Å².